The van der Waals surface area contributed by atoms with Crippen molar-refractivity contribution in [1.29, 1.82) is 0 Å². The van der Waals surface area contributed by atoms with Crippen LogP contribution in [-0.4, -0.2) is 43.1 Å². The van der Waals surface area contributed by atoms with E-state index in [1.165, 1.54) is 19.3 Å². The molecule has 0 bridgehead atoms. The highest BCUT2D eigenvalue weighted by molar-refractivity contribution is 5.48. The van der Waals surface area contributed by atoms with Crippen molar-refractivity contribution in [2.75, 3.05) is 33.3 Å². The van der Waals surface area contributed by atoms with Crippen molar-refractivity contribution in [2.45, 2.75) is 25.8 Å². The molecule has 0 aromatic heterocycles. The number of nitro groups is 1. The minimum Gasteiger partial charge on any atom is -0.485 e. The van der Waals surface area contributed by atoms with E-state index >= 15 is 0 Å². The minimum absolute atomic E-state index is 0.0430. The molecule has 1 aromatic rings. The summed E-state index contributed by atoms with van der Waals surface area (Å²) in [6.45, 7) is 4.13. The zero-order valence-corrected chi connectivity index (χ0v) is 12.5. The Kier molecular flexibility index (Phi) is 5.95. The van der Waals surface area contributed by atoms with Crippen molar-refractivity contribution in [1.82, 2.24) is 10.2 Å². The number of nitro benzene ring substituents is 1. The van der Waals surface area contributed by atoms with E-state index in [1.807, 2.05) is 13.1 Å². The van der Waals surface area contributed by atoms with Crippen LogP contribution in [0.3, 0.4) is 0 Å². The molecule has 1 aliphatic rings. The van der Waals surface area contributed by atoms with Gasteiger partial charge in [-0.25, -0.2) is 0 Å². The number of ether oxygens (including phenoxy) is 1. The van der Waals surface area contributed by atoms with Gasteiger partial charge >= 0.3 is 5.69 Å². The second-order valence-electron chi connectivity index (χ2n) is 5.34. The van der Waals surface area contributed by atoms with E-state index in [9.17, 15) is 10.1 Å². The number of piperidine rings is 1. The Hall–Kier alpha value is -1.66. The molecule has 2 rings (SSSR count). The van der Waals surface area contributed by atoms with Gasteiger partial charge < -0.3 is 10.1 Å². The van der Waals surface area contributed by atoms with Crippen molar-refractivity contribution < 1.29 is 9.66 Å². The van der Waals surface area contributed by atoms with Crippen molar-refractivity contribution in [2.24, 2.45) is 0 Å². The lowest BCUT2D eigenvalue weighted by Gasteiger charge is -2.26. The zero-order valence-electron chi connectivity index (χ0n) is 12.5. The van der Waals surface area contributed by atoms with Crippen molar-refractivity contribution in [3.63, 3.8) is 0 Å². The molecular weight excluding hydrogens is 270 g/mol. The van der Waals surface area contributed by atoms with Crippen LogP contribution in [0.1, 0.15) is 24.8 Å². The first-order valence-corrected chi connectivity index (χ1v) is 7.48. The van der Waals surface area contributed by atoms with Crippen molar-refractivity contribution >= 4 is 5.69 Å². The number of hydrogen-bond donors (Lipinski definition) is 1. The molecule has 1 aromatic carbocycles. The molecule has 0 unspecified atom stereocenters. The topological polar surface area (TPSA) is 67.6 Å². The van der Waals surface area contributed by atoms with Crippen LogP contribution >= 0.6 is 0 Å². The summed E-state index contributed by atoms with van der Waals surface area (Å²) >= 11 is 0. The molecule has 21 heavy (non-hydrogen) atoms. The lowest BCUT2D eigenvalue weighted by atomic mass is 10.1. The van der Waals surface area contributed by atoms with Gasteiger partial charge in [-0.15, -0.1) is 0 Å². The number of rotatable bonds is 7. The Balaban J connectivity index is 1.93. The Morgan fingerprint density at radius 1 is 1.33 bits per heavy atom. The molecule has 1 saturated heterocycles. The van der Waals surface area contributed by atoms with Gasteiger partial charge in [0.1, 0.15) is 6.61 Å². The first-order chi connectivity index (χ1) is 10.2. The number of likely N-dealkylation sites (tertiary alicyclic amines) is 1. The van der Waals surface area contributed by atoms with E-state index in [0.29, 0.717) is 18.9 Å². The molecule has 0 saturated carbocycles. The van der Waals surface area contributed by atoms with Gasteiger partial charge in [0.2, 0.25) is 0 Å². The normalized spacial score (nSPS) is 15.9. The number of hydrogen-bond acceptors (Lipinski definition) is 5. The van der Waals surface area contributed by atoms with Crippen molar-refractivity contribution in [3.05, 3.63) is 33.9 Å². The summed E-state index contributed by atoms with van der Waals surface area (Å²) in [5.41, 5.74) is 0.925. The van der Waals surface area contributed by atoms with Gasteiger partial charge in [-0.2, -0.15) is 0 Å². The lowest BCUT2D eigenvalue weighted by Crippen LogP contribution is -2.33. The van der Waals surface area contributed by atoms with E-state index in [4.69, 9.17) is 4.74 Å². The van der Waals surface area contributed by atoms with Crippen LogP contribution in [0.4, 0.5) is 5.69 Å². The second kappa shape index (κ2) is 7.95. The maximum Gasteiger partial charge on any atom is 0.311 e. The number of nitrogens with one attached hydrogen (secondary N) is 1. The zero-order chi connectivity index (χ0) is 15.1. The molecule has 0 spiro atoms. The smallest absolute Gasteiger partial charge is 0.311 e. The van der Waals surface area contributed by atoms with Gasteiger partial charge in [0, 0.05) is 19.2 Å². The second-order valence-corrected chi connectivity index (χ2v) is 5.34. The highest BCUT2D eigenvalue weighted by Crippen LogP contribution is 2.28. The van der Waals surface area contributed by atoms with E-state index < -0.39 is 0 Å². The third-order valence-corrected chi connectivity index (χ3v) is 3.71. The molecule has 0 radical (unpaired) electrons. The largest absolute Gasteiger partial charge is 0.485 e. The van der Waals surface area contributed by atoms with Gasteiger partial charge in [0.15, 0.2) is 5.75 Å². The molecular formula is C15H23N3O3. The molecule has 0 amide bonds. The first-order valence-electron chi connectivity index (χ1n) is 7.48. The van der Waals surface area contributed by atoms with E-state index in [2.05, 4.69) is 10.2 Å². The van der Waals surface area contributed by atoms with Gasteiger partial charge in [0.25, 0.3) is 0 Å². The highest BCUT2D eigenvalue weighted by Gasteiger charge is 2.16. The van der Waals surface area contributed by atoms with Crippen LogP contribution in [0.2, 0.25) is 0 Å². The molecule has 1 aliphatic heterocycles. The van der Waals surface area contributed by atoms with E-state index in [0.717, 1.165) is 25.2 Å². The van der Waals surface area contributed by atoms with E-state index in [1.54, 1.807) is 12.1 Å². The van der Waals surface area contributed by atoms with Crippen LogP contribution in [0.15, 0.2) is 18.2 Å². The maximum atomic E-state index is 11.1. The Morgan fingerprint density at radius 2 is 2.10 bits per heavy atom. The SMILES string of the molecule is CNCc1ccc(OCCN2CCCCC2)c([N+](=O)[O-])c1. The molecule has 116 valence electrons. The summed E-state index contributed by atoms with van der Waals surface area (Å²) in [5, 5.41) is 14.1. The molecule has 0 aliphatic carbocycles. The van der Waals surface area contributed by atoms with Gasteiger partial charge in [-0.05, 0) is 44.6 Å². The highest BCUT2D eigenvalue weighted by atomic mass is 16.6. The Bertz CT molecular complexity index is 473. The van der Waals surface area contributed by atoms with Crippen LogP contribution in [-0.2, 0) is 6.54 Å². The third kappa shape index (κ3) is 4.68. The van der Waals surface area contributed by atoms with Crippen LogP contribution in [0.5, 0.6) is 5.75 Å². The lowest BCUT2D eigenvalue weighted by molar-refractivity contribution is -0.385. The summed E-state index contributed by atoms with van der Waals surface area (Å²) in [6.07, 6.45) is 3.77. The predicted molar refractivity (Wildman–Crippen MR) is 81.6 cm³/mol. The standard InChI is InChI=1S/C15H23N3O3/c1-16-12-13-5-6-15(14(11-13)18(19)20)21-10-9-17-7-3-2-4-8-17/h5-6,11,16H,2-4,7-10,12H2,1H3. The third-order valence-electron chi connectivity index (χ3n) is 3.71. The fourth-order valence-electron chi connectivity index (χ4n) is 2.61. The van der Waals surface area contributed by atoms with E-state index in [-0.39, 0.29) is 10.6 Å². The Morgan fingerprint density at radius 3 is 2.76 bits per heavy atom. The molecule has 6 nitrogen and oxygen atoms in total. The summed E-state index contributed by atoms with van der Waals surface area (Å²) in [6, 6.07) is 5.13. The molecule has 1 fully saturated rings. The van der Waals surface area contributed by atoms with Crippen LogP contribution in [0.25, 0.3) is 0 Å². The Labute approximate surface area is 125 Å². The van der Waals surface area contributed by atoms with Gasteiger partial charge in [-0.3, -0.25) is 15.0 Å². The molecule has 6 heteroatoms. The average Bonchev–Trinajstić information content (AvgIpc) is 2.49. The fourth-order valence-corrected chi connectivity index (χ4v) is 2.61. The summed E-state index contributed by atoms with van der Waals surface area (Å²) in [5.74, 6) is 0.358. The van der Waals surface area contributed by atoms with Gasteiger partial charge in [0.05, 0.1) is 4.92 Å². The monoisotopic (exact) mass is 293 g/mol. The summed E-state index contributed by atoms with van der Waals surface area (Å²) in [4.78, 5) is 13.1. The minimum atomic E-state index is -0.380. The van der Waals surface area contributed by atoms with Crippen LogP contribution < -0.4 is 10.1 Å². The average molecular weight is 293 g/mol. The predicted octanol–water partition coefficient (Wildman–Crippen LogP) is 2.18. The van der Waals surface area contributed by atoms with Gasteiger partial charge in [-0.1, -0.05) is 12.5 Å². The first kappa shape index (κ1) is 15.7. The number of benzene rings is 1. The molecule has 1 N–H and O–H groups in total. The maximum absolute atomic E-state index is 11.1. The number of nitrogens with zero attached hydrogens (tertiary/aromatic N) is 2. The summed E-state index contributed by atoms with van der Waals surface area (Å²) < 4.78 is 5.63. The van der Waals surface area contributed by atoms with Crippen molar-refractivity contribution in [3.8, 4) is 5.75 Å². The molecule has 0 atom stereocenters. The van der Waals surface area contributed by atoms with Crippen LogP contribution in [0, 0.1) is 10.1 Å². The fraction of sp³-hybridized carbons (Fsp3) is 0.600. The molecule has 1 heterocycles. The quantitative estimate of drug-likeness (QED) is 0.616. The summed E-state index contributed by atoms with van der Waals surface area (Å²) in [7, 11) is 1.81.